The minimum Gasteiger partial charge on any atom is -0.302 e. The van der Waals surface area contributed by atoms with E-state index in [-0.39, 0.29) is 17.5 Å². The number of carbonyl (C=O) groups excluding carboxylic acids is 1. The Morgan fingerprint density at radius 2 is 2.08 bits per heavy atom. The molecule has 0 unspecified atom stereocenters. The van der Waals surface area contributed by atoms with Crippen molar-refractivity contribution in [1.82, 2.24) is 14.5 Å². The molecule has 0 bridgehead atoms. The van der Waals surface area contributed by atoms with Crippen molar-refractivity contribution in [3.8, 4) is 0 Å². The lowest BCUT2D eigenvalue weighted by atomic mass is 10.2. The van der Waals surface area contributed by atoms with Gasteiger partial charge in [0.25, 0.3) is 5.56 Å². The number of hydrogen-bond donors (Lipinski definition) is 1. The van der Waals surface area contributed by atoms with E-state index >= 15 is 0 Å². The highest BCUT2D eigenvalue weighted by atomic mass is 32.2. The van der Waals surface area contributed by atoms with Crippen LogP contribution >= 0.6 is 23.1 Å². The van der Waals surface area contributed by atoms with Gasteiger partial charge in [-0.15, -0.1) is 11.3 Å². The number of benzene rings is 1. The van der Waals surface area contributed by atoms with E-state index in [1.165, 1.54) is 30.0 Å². The molecule has 25 heavy (non-hydrogen) atoms. The second-order valence-corrected chi connectivity index (χ2v) is 7.59. The summed E-state index contributed by atoms with van der Waals surface area (Å²) < 4.78 is 1.72. The zero-order valence-electron chi connectivity index (χ0n) is 14.1. The lowest BCUT2D eigenvalue weighted by Crippen LogP contribution is -2.25. The first-order valence-corrected chi connectivity index (χ1v) is 9.68. The van der Waals surface area contributed by atoms with Crippen molar-refractivity contribution >= 4 is 45.0 Å². The van der Waals surface area contributed by atoms with Crippen molar-refractivity contribution < 1.29 is 4.79 Å². The normalized spacial score (nSPS) is 11.2. The Balaban J connectivity index is 1.90. The summed E-state index contributed by atoms with van der Waals surface area (Å²) in [5.41, 5.74) is 1.51. The Hall–Kier alpha value is -2.19. The van der Waals surface area contributed by atoms with E-state index in [4.69, 9.17) is 0 Å². The van der Waals surface area contributed by atoms with Gasteiger partial charge in [0.1, 0.15) is 0 Å². The summed E-state index contributed by atoms with van der Waals surface area (Å²) >= 11 is 2.86. The monoisotopic (exact) mass is 374 g/mol. The van der Waals surface area contributed by atoms with E-state index < -0.39 is 0 Å². The average molecular weight is 374 g/mol. The molecule has 0 aliphatic heterocycles. The van der Waals surface area contributed by atoms with Crippen LogP contribution in [-0.2, 0) is 10.5 Å². The SMILES string of the molecule is CC(=O)Nc1nc(CSc2nc3ccccc3c(=O)n2C(C)C)cs1. The number of thiazole rings is 1. The second kappa shape index (κ2) is 7.37. The topological polar surface area (TPSA) is 76.9 Å². The number of anilines is 1. The fourth-order valence-electron chi connectivity index (χ4n) is 2.40. The van der Waals surface area contributed by atoms with Crippen molar-refractivity contribution in [2.45, 2.75) is 37.7 Å². The summed E-state index contributed by atoms with van der Waals surface area (Å²) in [6.07, 6.45) is 0. The molecule has 0 saturated carbocycles. The molecule has 0 aliphatic carbocycles. The molecule has 0 fully saturated rings. The first-order valence-electron chi connectivity index (χ1n) is 7.81. The molecule has 0 saturated heterocycles. The van der Waals surface area contributed by atoms with Gasteiger partial charge in [-0.05, 0) is 26.0 Å². The number of nitrogens with zero attached hydrogens (tertiary/aromatic N) is 3. The molecule has 0 atom stereocenters. The van der Waals surface area contributed by atoms with E-state index in [0.717, 1.165) is 5.69 Å². The van der Waals surface area contributed by atoms with Crippen LogP contribution in [0.4, 0.5) is 5.13 Å². The highest BCUT2D eigenvalue weighted by Gasteiger charge is 2.14. The Morgan fingerprint density at radius 1 is 1.32 bits per heavy atom. The number of rotatable bonds is 5. The van der Waals surface area contributed by atoms with E-state index in [1.54, 1.807) is 10.6 Å². The van der Waals surface area contributed by atoms with E-state index in [9.17, 15) is 9.59 Å². The largest absolute Gasteiger partial charge is 0.302 e. The zero-order valence-corrected chi connectivity index (χ0v) is 15.8. The first kappa shape index (κ1) is 17.6. The number of amides is 1. The van der Waals surface area contributed by atoms with Gasteiger partial charge in [-0.2, -0.15) is 0 Å². The molecule has 2 heterocycles. The summed E-state index contributed by atoms with van der Waals surface area (Å²) in [4.78, 5) is 32.9. The maximum atomic E-state index is 12.8. The standard InChI is InChI=1S/C17H18N4O2S2/c1-10(2)21-15(23)13-6-4-5-7-14(13)20-17(21)25-9-12-8-24-16(19-12)18-11(3)22/h4-8,10H,9H2,1-3H3,(H,18,19,22). The molecular formula is C17H18N4O2S2. The quantitative estimate of drug-likeness (QED) is 0.544. The van der Waals surface area contributed by atoms with Crippen LogP contribution in [-0.4, -0.2) is 20.4 Å². The lowest BCUT2D eigenvalue weighted by molar-refractivity contribution is -0.114. The van der Waals surface area contributed by atoms with Crippen LogP contribution in [0.3, 0.4) is 0 Å². The summed E-state index contributed by atoms with van der Waals surface area (Å²) in [5.74, 6) is 0.437. The third-order valence-corrected chi connectivity index (χ3v) is 5.27. The second-order valence-electron chi connectivity index (χ2n) is 5.79. The van der Waals surface area contributed by atoms with Crippen LogP contribution < -0.4 is 10.9 Å². The van der Waals surface area contributed by atoms with Gasteiger partial charge in [-0.25, -0.2) is 9.97 Å². The predicted molar refractivity (Wildman–Crippen MR) is 102 cm³/mol. The van der Waals surface area contributed by atoms with Gasteiger partial charge >= 0.3 is 0 Å². The van der Waals surface area contributed by atoms with Gasteiger partial charge in [-0.1, -0.05) is 23.9 Å². The van der Waals surface area contributed by atoms with Crippen LogP contribution in [0.25, 0.3) is 10.9 Å². The van der Waals surface area contributed by atoms with Crippen molar-refractivity contribution in [2.75, 3.05) is 5.32 Å². The molecule has 2 aromatic heterocycles. The Bertz CT molecular complexity index is 978. The van der Waals surface area contributed by atoms with Gasteiger partial charge in [-0.3, -0.25) is 14.2 Å². The van der Waals surface area contributed by atoms with Gasteiger partial charge in [0.15, 0.2) is 10.3 Å². The Labute approximate surface area is 153 Å². The predicted octanol–water partition coefficient (Wildman–Crippen LogP) is 3.68. The van der Waals surface area contributed by atoms with Gasteiger partial charge in [0, 0.05) is 24.1 Å². The third kappa shape index (κ3) is 3.91. The minimum absolute atomic E-state index is 0.0116. The number of nitrogens with one attached hydrogen (secondary N) is 1. The van der Waals surface area contributed by atoms with E-state index in [2.05, 4.69) is 15.3 Å². The number of carbonyl (C=O) groups is 1. The summed E-state index contributed by atoms with van der Waals surface area (Å²) in [6.45, 7) is 5.40. The van der Waals surface area contributed by atoms with Crippen LogP contribution in [0, 0.1) is 0 Å². The molecule has 8 heteroatoms. The van der Waals surface area contributed by atoms with E-state index in [1.807, 2.05) is 37.4 Å². The van der Waals surface area contributed by atoms with Crippen LogP contribution in [0.2, 0.25) is 0 Å². The smallest absolute Gasteiger partial charge is 0.262 e. The molecule has 3 aromatic rings. The number of fused-ring (bicyclic) bond motifs is 1. The van der Waals surface area contributed by atoms with Gasteiger partial charge in [0.2, 0.25) is 5.91 Å². The zero-order chi connectivity index (χ0) is 18.0. The fourth-order valence-corrected chi connectivity index (χ4v) is 4.28. The van der Waals surface area contributed by atoms with E-state index in [0.29, 0.717) is 26.9 Å². The highest BCUT2D eigenvalue weighted by Crippen LogP contribution is 2.26. The molecule has 0 aliphatic rings. The van der Waals surface area contributed by atoms with Gasteiger partial charge in [0.05, 0.1) is 16.6 Å². The molecule has 0 radical (unpaired) electrons. The summed E-state index contributed by atoms with van der Waals surface area (Å²) in [6, 6.07) is 7.39. The number of thioether (sulfide) groups is 1. The van der Waals surface area contributed by atoms with Crippen LogP contribution in [0.1, 0.15) is 32.5 Å². The first-order chi connectivity index (χ1) is 12.0. The Morgan fingerprint density at radius 3 is 2.80 bits per heavy atom. The molecule has 3 rings (SSSR count). The maximum absolute atomic E-state index is 12.8. The van der Waals surface area contributed by atoms with Crippen LogP contribution in [0.15, 0.2) is 39.6 Å². The molecule has 130 valence electrons. The number of para-hydroxylation sites is 1. The molecule has 1 N–H and O–H groups in total. The van der Waals surface area contributed by atoms with Crippen molar-refractivity contribution in [3.63, 3.8) is 0 Å². The fraction of sp³-hybridized carbons (Fsp3) is 0.294. The third-order valence-electron chi connectivity index (χ3n) is 3.48. The maximum Gasteiger partial charge on any atom is 0.262 e. The van der Waals surface area contributed by atoms with Crippen molar-refractivity contribution in [3.05, 3.63) is 45.7 Å². The Kier molecular flexibility index (Phi) is 5.19. The molecule has 1 aromatic carbocycles. The van der Waals surface area contributed by atoms with Crippen LogP contribution in [0.5, 0.6) is 0 Å². The molecular weight excluding hydrogens is 356 g/mol. The summed E-state index contributed by atoms with van der Waals surface area (Å²) in [7, 11) is 0. The number of hydrogen-bond acceptors (Lipinski definition) is 6. The number of aromatic nitrogens is 3. The van der Waals surface area contributed by atoms with Crippen molar-refractivity contribution in [2.24, 2.45) is 0 Å². The van der Waals surface area contributed by atoms with Crippen molar-refractivity contribution in [1.29, 1.82) is 0 Å². The molecule has 1 amide bonds. The summed E-state index contributed by atoms with van der Waals surface area (Å²) in [5, 5.41) is 6.45. The highest BCUT2D eigenvalue weighted by molar-refractivity contribution is 7.98. The molecule has 0 spiro atoms. The molecule has 6 nitrogen and oxygen atoms in total. The van der Waals surface area contributed by atoms with Gasteiger partial charge < -0.3 is 5.32 Å². The lowest BCUT2D eigenvalue weighted by Gasteiger charge is -2.15. The minimum atomic E-state index is -0.140. The average Bonchev–Trinajstić information content (AvgIpc) is 2.99.